The molecule has 0 radical (unpaired) electrons. The molecule has 2 aliphatic heterocycles. The minimum Gasteiger partial charge on any atom is -0.368 e. The van der Waals surface area contributed by atoms with Crippen LogP contribution in [0.4, 0.5) is 5.69 Å². The molecule has 2 aromatic carbocycles. The molecule has 31 heavy (non-hydrogen) atoms. The van der Waals surface area contributed by atoms with Crippen molar-refractivity contribution in [1.82, 2.24) is 14.7 Å². The van der Waals surface area contributed by atoms with Crippen LogP contribution < -0.4 is 4.90 Å². The summed E-state index contributed by atoms with van der Waals surface area (Å²) < 4.78 is 7.91. The number of nitrogens with zero attached hydrogens (tertiary/aromatic N) is 4. The lowest BCUT2D eigenvalue weighted by molar-refractivity contribution is -0.00121. The highest BCUT2D eigenvalue weighted by Crippen LogP contribution is 2.28. The number of hydrogen-bond acceptors (Lipinski definition) is 4. The summed E-state index contributed by atoms with van der Waals surface area (Å²) in [4.78, 5) is 17.3. The molecule has 160 valence electrons. The Morgan fingerprint density at radius 3 is 2.58 bits per heavy atom. The van der Waals surface area contributed by atoms with E-state index in [2.05, 4.69) is 41.2 Å². The number of rotatable bonds is 3. The molecule has 6 nitrogen and oxygen atoms in total. The highest BCUT2D eigenvalue weighted by Gasteiger charge is 2.28. The van der Waals surface area contributed by atoms with Gasteiger partial charge < -0.3 is 14.5 Å². The molecule has 1 aromatic heterocycles. The van der Waals surface area contributed by atoms with Crippen molar-refractivity contribution in [1.29, 1.82) is 0 Å². The molecule has 3 heterocycles. The van der Waals surface area contributed by atoms with E-state index in [1.165, 1.54) is 11.3 Å². The van der Waals surface area contributed by atoms with Crippen LogP contribution in [0.5, 0.6) is 0 Å². The van der Waals surface area contributed by atoms with Gasteiger partial charge in [-0.3, -0.25) is 9.48 Å². The normalized spacial score (nSPS) is 18.7. The molecule has 2 aliphatic rings. The Morgan fingerprint density at radius 2 is 1.84 bits per heavy atom. The molecular formula is C24H25ClN4O2. The van der Waals surface area contributed by atoms with Gasteiger partial charge >= 0.3 is 0 Å². The number of fused-ring (bicyclic) bond motifs is 1. The topological polar surface area (TPSA) is 50.6 Å². The Morgan fingerprint density at radius 1 is 1.06 bits per heavy atom. The zero-order valence-electron chi connectivity index (χ0n) is 17.5. The van der Waals surface area contributed by atoms with E-state index in [1.54, 1.807) is 0 Å². The van der Waals surface area contributed by atoms with Gasteiger partial charge in [0, 0.05) is 36.9 Å². The first kappa shape index (κ1) is 20.1. The maximum atomic E-state index is 13.1. The smallest absolute Gasteiger partial charge is 0.274 e. The summed E-state index contributed by atoms with van der Waals surface area (Å²) in [6, 6.07) is 18.1. The van der Waals surface area contributed by atoms with Crippen LogP contribution in [0.3, 0.4) is 0 Å². The quantitative estimate of drug-likeness (QED) is 0.620. The molecule has 0 bridgehead atoms. The van der Waals surface area contributed by atoms with Gasteiger partial charge in [0.25, 0.3) is 5.91 Å². The monoisotopic (exact) mass is 436 g/mol. The minimum atomic E-state index is -0.0921. The van der Waals surface area contributed by atoms with Crippen LogP contribution in [0, 0.1) is 6.92 Å². The number of amides is 1. The Hall–Kier alpha value is -2.83. The third kappa shape index (κ3) is 4.18. The van der Waals surface area contributed by atoms with Crippen molar-refractivity contribution in [3.63, 3.8) is 0 Å². The molecule has 1 unspecified atom stereocenters. The second-order valence-corrected chi connectivity index (χ2v) is 8.61. The number of ether oxygens (including phenoxy) is 1. The van der Waals surface area contributed by atoms with Gasteiger partial charge in [0.2, 0.25) is 0 Å². The van der Waals surface area contributed by atoms with Crippen molar-refractivity contribution < 1.29 is 9.53 Å². The molecule has 1 saturated heterocycles. The fourth-order valence-corrected chi connectivity index (χ4v) is 4.39. The van der Waals surface area contributed by atoms with Crippen LogP contribution in [-0.4, -0.2) is 46.8 Å². The number of halogens is 1. The third-order valence-corrected chi connectivity index (χ3v) is 6.28. The van der Waals surface area contributed by atoms with Crippen molar-refractivity contribution in [3.8, 4) is 0 Å². The lowest BCUT2D eigenvalue weighted by atomic mass is 10.1. The number of anilines is 1. The maximum Gasteiger partial charge on any atom is 0.274 e. The average molecular weight is 437 g/mol. The summed E-state index contributed by atoms with van der Waals surface area (Å²) in [6.45, 7) is 6.16. The largest absolute Gasteiger partial charge is 0.368 e. The van der Waals surface area contributed by atoms with E-state index in [0.29, 0.717) is 37.0 Å². The van der Waals surface area contributed by atoms with Gasteiger partial charge in [0.05, 0.1) is 18.8 Å². The van der Waals surface area contributed by atoms with Gasteiger partial charge in [0.1, 0.15) is 6.10 Å². The molecule has 5 rings (SSSR count). The Balaban J connectivity index is 1.24. The molecule has 7 heteroatoms. The summed E-state index contributed by atoms with van der Waals surface area (Å²) in [6.07, 6.45) is -0.0921. The summed E-state index contributed by atoms with van der Waals surface area (Å²) >= 11 is 5.99. The van der Waals surface area contributed by atoms with Crippen LogP contribution in [-0.2, 0) is 17.9 Å². The summed E-state index contributed by atoms with van der Waals surface area (Å²) in [5.74, 6) is -0.00571. The lowest BCUT2D eigenvalue weighted by Gasteiger charge is -2.36. The van der Waals surface area contributed by atoms with E-state index in [9.17, 15) is 4.79 Å². The molecule has 1 atom stereocenters. The number of aryl methyl sites for hydroxylation is 1. The van der Waals surface area contributed by atoms with E-state index < -0.39 is 0 Å². The van der Waals surface area contributed by atoms with E-state index in [0.717, 1.165) is 24.3 Å². The molecule has 1 amide bonds. The second-order valence-electron chi connectivity index (χ2n) is 8.17. The molecule has 1 fully saturated rings. The van der Waals surface area contributed by atoms with Gasteiger partial charge in [-0.25, -0.2) is 0 Å². The zero-order valence-corrected chi connectivity index (χ0v) is 18.3. The predicted octanol–water partition coefficient (Wildman–Crippen LogP) is 4.08. The first-order valence-electron chi connectivity index (χ1n) is 10.6. The summed E-state index contributed by atoms with van der Waals surface area (Å²) in [5.41, 5.74) is 4.96. The molecule has 0 aliphatic carbocycles. The van der Waals surface area contributed by atoms with Crippen LogP contribution in [0.15, 0.2) is 54.6 Å². The van der Waals surface area contributed by atoms with E-state index >= 15 is 0 Å². The summed E-state index contributed by atoms with van der Waals surface area (Å²) in [7, 11) is 0. The van der Waals surface area contributed by atoms with Crippen molar-refractivity contribution in [2.75, 3.05) is 31.1 Å². The van der Waals surface area contributed by atoms with Crippen molar-refractivity contribution in [2.24, 2.45) is 0 Å². The highest BCUT2D eigenvalue weighted by atomic mass is 35.5. The standard InChI is InChI=1S/C24H25ClN4O2/c1-17-3-2-4-20(13-17)27-9-11-28(12-10-27)24(30)22-14-21-16-31-23(15-29(21)26-22)18-5-7-19(25)8-6-18/h2-8,13-14,23H,9-12,15-16H2,1H3. The van der Waals surface area contributed by atoms with Crippen LogP contribution in [0.1, 0.15) is 33.4 Å². The van der Waals surface area contributed by atoms with Crippen molar-refractivity contribution >= 4 is 23.2 Å². The molecular weight excluding hydrogens is 412 g/mol. The van der Waals surface area contributed by atoms with Crippen LogP contribution in [0.25, 0.3) is 0 Å². The number of piperazine rings is 1. The highest BCUT2D eigenvalue weighted by molar-refractivity contribution is 6.30. The summed E-state index contributed by atoms with van der Waals surface area (Å²) in [5, 5.41) is 5.32. The molecule has 0 saturated carbocycles. The van der Waals surface area contributed by atoms with Gasteiger partial charge in [-0.1, -0.05) is 35.9 Å². The van der Waals surface area contributed by atoms with Crippen LogP contribution >= 0.6 is 11.6 Å². The van der Waals surface area contributed by atoms with Gasteiger partial charge in [0.15, 0.2) is 5.69 Å². The zero-order chi connectivity index (χ0) is 21.4. The SMILES string of the molecule is Cc1cccc(N2CCN(C(=O)c3cc4n(n3)CC(c3ccc(Cl)cc3)OC4)CC2)c1. The van der Waals surface area contributed by atoms with E-state index in [1.807, 2.05) is 39.9 Å². The number of carbonyl (C=O) groups excluding carboxylic acids is 1. The van der Waals surface area contributed by atoms with Crippen molar-refractivity contribution in [2.45, 2.75) is 26.2 Å². The minimum absolute atomic E-state index is 0.00571. The fourth-order valence-electron chi connectivity index (χ4n) is 4.26. The van der Waals surface area contributed by atoms with Gasteiger partial charge in [-0.05, 0) is 48.4 Å². The van der Waals surface area contributed by atoms with Crippen LogP contribution in [0.2, 0.25) is 5.02 Å². The lowest BCUT2D eigenvalue weighted by Crippen LogP contribution is -2.49. The maximum absolute atomic E-state index is 13.1. The molecule has 0 N–H and O–H groups in total. The first-order valence-corrected chi connectivity index (χ1v) is 11.0. The van der Waals surface area contributed by atoms with E-state index in [4.69, 9.17) is 16.3 Å². The Kier molecular flexibility index (Phi) is 5.42. The van der Waals surface area contributed by atoms with Gasteiger partial charge in [-0.15, -0.1) is 0 Å². The third-order valence-electron chi connectivity index (χ3n) is 6.03. The van der Waals surface area contributed by atoms with Gasteiger partial charge in [-0.2, -0.15) is 5.10 Å². The second kappa shape index (κ2) is 8.36. The predicted molar refractivity (Wildman–Crippen MR) is 121 cm³/mol. The number of hydrogen-bond donors (Lipinski definition) is 0. The average Bonchev–Trinajstić information content (AvgIpc) is 3.23. The van der Waals surface area contributed by atoms with E-state index in [-0.39, 0.29) is 12.0 Å². The Labute approximate surface area is 187 Å². The van der Waals surface area contributed by atoms with Crippen molar-refractivity contribution in [3.05, 3.63) is 82.1 Å². The molecule has 3 aromatic rings. The molecule has 0 spiro atoms. The Bertz CT molecular complexity index is 1090. The number of aromatic nitrogens is 2. The fraction of sp³-hybridized carbons (Fsp3) is 0.333. The number of benzene rings is 2. The number of carbonyl (C=O) groups is 1. The first-order chi connectivity index (χ1) is 15.1.